The molecule has 2 aliphatic rings. The lowest BCUT2D eigenvalue weighted by Gasteiger charge is -2.28. The minimum Gasteiger partial charge on any atom is -0.361 e. The Morgan fingerprint density at radius 3 is 2.68 bits per heavy atom. The van der Waals surface area contributed by atoms with Crippen LogP contribution in [0, 0.1) is 6.92 Å². The maximum absolute atomic E-state index is 14.1. The first-order valence-electron chi connectivity index (χ1n) is 9.93. The molecule has 31 heavy (non-hydrogen) atoms. The predicted octanol–water partition coefficient (Wildman–Crippen LogP) is 5.59. The average molecular weight is 412 g/mol. The first kappa shape index (κ1) is 20.3. The Morgan fingerprint density at radius 1 is 1.10 bits per heavy atom. The van der Waals surface area contributed by atoms with E-state index >= 15 is 0 Å². The summed E-state index contributed by atoms with van der Waals surface area (Å²) < 4.78 is 14.1. The van der Waals surface area contributed by atoms with Crippen LogP contribution in [0.2, 0.25) is 0 Å². The number of amides is 1. The van der Waals surface area contributed by atoms with Crippen LogP contribution in [0.15, 0.2) is 89.7 Å². The standard InChI is InChI=1S/C26H21FN2O2/c1-17-7-5-8-19(15-17)29(25-11-6-10-24-21(25)9-3-4-14-28-24)26(31)20-12-13-23(27)22(16-30)18(20)2/h3-15,23,28H,1-2H3. The molecule has 1 atom stereocenters. The highest BCUT2D eigenvalue weighted by atomic mass is 19.1. The Balaban J connectivity index is 1.93. The number of fused-ring (bicyclic) bond motifs is 1. The summed E-state index contributed by atoms with van der Waals surface area (Å²) in [5.41, 5.74) is 4.46. The molecule has 0 radical (unpaired) electrons. The summed E-state index contributed by atoms with van der Waals surface area (Å²) in [5.74, 6) is 1.31. The number of nitrogens with one attached hydrogen (secondary N) is 1. The molecule has 0 saturated heterocycles. The second-order valence-electron chi connectivity index (χ2n) is 7.40. The highest BCUT2D eigenvalue weighted by molar-refractivity contribution is 6.14. The second kappa shape index (κ2) is 8.42. The number of allylic oxidation sites excluding steroid dienone is 5. The molecule has 154 valence electrons. The zero-order valence-corrected chi connectivity index (χ0v) is 17.2. The van der Waals surface area contributed by atoms with Gasteiger partial charge in [0.15, 0.2) is 6.17 Å². The summed E-state index contributed by atoms with van der Waals surface area (Å²) in [6.45, 7) is 3.53. The number of benzene rings is 2. The topological polar surface area (TPSA) is 49.4 Å². The first-order chi connectivity index (χ1) is 15.0. The predicted molar refractivity (Wildman–Crippen MR) is 123 cm³/mol. The molecule has 1 amide bonds. The van der Waals surface area contributed by atoms with Crippen molar-refractivity contribution in [3.63, 3.8) is 0 Å². The van der Waals surface area contributed by atoms with Crippen LogP contribution >= 0.6 is 0 Å². The number of anilines is 3. The number of aryl methyl sites for hydroxylation is 1. The van der Waals surface area contributed by atoms with E-state index in [1.807, 2.05) is 73.8 Å². The maximum Gasteiger partial charge on any atom is 0.263 e. The van der Waals surface area contributed by atoms with Crippen molar-refractivity contribution in [3.05, 3.63) is 101 Å². The summed E-state index contributed by atoms with van der Waals surface area (Å²) in [5, 5.41) is 3.22. The molecule has 1 aliphatic carbocycles. The Kier molecular flexibility index (Phi) is 5.52. The van der Waals surface area contributed by atoms with E-state index in [1.54, 1.807) is 17.8 Å². The third-order valence-corrected chi connectivity index (χ3v) is 5.35. The van der Waals surface area contributed by atoms with Gasteiger partial charge in [0.1, 0.15) is 5.94 Å². The van der Waals surface area contributed by atoms with Crippen molar-refractivity contribution in [1.29, 1.82) is 0 Å². The zero-order valence-electron chi connectivity index (χ0n) is 17.2. The summed E-state index contributed by atoms with van der Waals surface area (Å²) in [7, 11) is 0. The Morgan fingerprint density at radius 2 is 1.90 bits per heavy atom. The van der Waals surface area contributed by atoms with Gasteiger partial charge in [-0.3, -0.25) is 9.69 Å². The van der Waals surface area contributed by atoms with Gasteiger partial charge < -0.3 is 5.32 Å². The fourth-order valence-electron chi connectivity index (χ4n) is 3.77. The largest absolute Gasteiger partial charge is 0.361 e. The molecule has 1 heterocycles. The molecule has 1 aliphatic heterocycles. The minimum absolute atomic E-state index is 0.146. The van der Waals surface area contributed by atoms with Gasteiger partial charge in [-0.05, 0) is 67.5 Å². The van der Waals surface area contributed by atoms with E-state index in [-0.39, 0.29) is 17.1 Å². The minimum atomic E-state index is -1.56. The van der Waals surface area contributed by atoms with Gasteiger partial charge in [0.2, 0.25) is 0 Å². The van der Waals surface area contributed by atoms with Crippen molar-refractivity contribution in [1.82, 2.24) is 0 Å². The highest BCUT2D eigenvalue weighted by Crippen LogP contribution is 2.37. The van der Waals surface area contributed by atoms with Crippen LogP contribution in [0.1, 0.15) is 18.1 Å². The molecule has 0 spiro atoms. The van der Waals surface area contributed by atoms with Gasteiger partial charge in [0.05, 0.1) is 11.3 Å². The number of alkyl halides is 1. The molecule has 0 bridgehead atoms. The van der Waals surface area contributed by atoms with Crippen LogP contribution in [0.3, 0.4) is 0 Å². The molecule has 2 aromatic rings. The number of hydrogen-bond acceptors (Lipinski definition) is 3. The number of carbonyl (C=O) groups is 1. The normalized spacial score (nSPS) is 17.0. The Bertz CT molecular complexity index is 1230. The van der Waals surface area contributed by atoms with E-state index in [0.717, 1.165) is 16.8 Å². The van der Waals surface area contributed by atoms with Crippen molar-refractivity contribution >= 4 is 35.0 Å². The van der Waals surface area contributed by atoms with Crippen molar-refractivity contribution in [2.45, 2.75) is 20.0 Å². The molecule has 4 nitrogen and oxygen atoms in total. The van der Waals surface area contributed by atoms with Crippen molar-refractivity contribution in [2.75, 3.05) is 10.2 Å². The summed E-state index contributed by atoms with van der Waals surface area (Å²) in [6.07, 6.45) is 8.63. The highest BCUT2D eigenvalue weighted by Gasteiger charge is 2.29. The number of halogens is 1. The van der Waals surface area contributed by atoms with Gasteiger partial charge in [0.25, 0.3) is 5.91 Å². The van der Waals surface area contributed by atoms with E-state index in [9.17, 15) is 14.0 Å². The fourth-order valence-corrected chi connectivity index (χ4v) is 3.77. The van der Waals surface area contributed by atoms with Gasteiger partial charge in [-0.15, -0.1) is 0 Å². The van der Waals surface area contributed by atoms with Gasteiger partial charge in [-0.2, -0.15) is 0 Å². The van der Waals surface area contributed by atoms with Crippen LogP contribution in [0.5, 0.6) is 0 Å². The fraction of sp³-hybridized carbons (Fsp3) is 0.115. The smallest absolute Gasteiger partial charge is 0.263 e. The van der Waals surface area contributed by atoms with Crippen LogP contribution < -0.4 is 10.2 Å². The van der Waals surface area contributed by atoms with Crippen LogP contribution in [0.25, 0.3) is 6.08 Å². The number of nitrogens with zero attached hydrogens (tertiary/aromatic N) is 1. The van der Waals surface area contributed by atoms with Gasteiger partial charge in [0, 0.05) is 28.7 Å². The molecule has 1 unspecified atom stereocenters. The van der Waals surface area contributed by atoms with Crippen LogP contribution in [-0.2, 0) is 9.59 Å². The van der Waals surface area contributed by atoms with E-state index < -0.39 is 6.17 Å². The molecule has 0 saturated carbocycles. The molecule has 0 fully saturated rings. The number of hydrogen-bond donors (Lipinski definition) is 1. The van der Waals surface area contributed by atoms with Gasteiger partial charge >= 0.3 is 0 Å². The molecule has 5 heteroatoms. The summed E-state index contributed by atoms with van der Waals surface area (Å²) in [6, 6.07) is 13.3. The van der Waals surface area contributed by atoms with E-state index in [1.165, 1.54) is 12.2 Å². The average Bonchev–Trinajstić information content (AvgIpc) is 3.00. The molecular weight excluding hydrogens is 391 g/mol. The number of rotatable bonds is 3. The van der Waals surface area contributed by atoms with Gasteiger partial charge in [-0.1, -0.05) is 30.4 Å². The monoisotopic (exact) mass is 412 g/mol. The third-order valence-electron chi connectivity index (χ3n) is 5.35. The third kappa shape index (κ3) is 3.79. The lowest BCUT2D eigenvalue weighted by molar-refractivity contribution is -0.114. The summed E-state index contributed by atoms with van der Waals surface area (Å²) >= 11 is 0. The lowest BCUT2D eigenvalue weighted by Crippen LogP contribution is -2.30. The van der Waals surface area contributed by atoms with Crippen LogP contribution in [0.4, 0.5) is 21.5 Å². The van der Waals surface area contributed by atoms with Crippen molar-refractivity contribution in [3.8, 4) is 0 Å². The molecular formula is C26H21FN2O2. The second-order valence-corrected chi connectivity index (χ2v) is 7.40. The SMILES string of the molecule is CC1=C(C(=O)N(c2cccc(C)c2)c2cccc3c2C=CC=CN3)C=CC(F)C1=C=O. The van der Waals surface area contributed by atoms with Gasteiger partial charge in [-0.25, -0.2) is 9.18 Å². The van der Waals surface area contributed by atoms with E-state index in [4.69, 9.17) is 0 Å². The quantitative estimate of drug-likeness (QED) is 0.668. The molecule has 0 aromatic heterocycles. The summed E-state index contributed by atoms with van der Waals surface area (Å²) in [4.78, 5) is 26.8. The zero-order chi connectivity index (χ0) is 22.0. The first-order valence-corrected chi connectivity index (χ1v) is 9.93. The van der Waals surface area contributed by atoms with Crippen molar-refractivity contribution in [2.24, 2.45) is 0 Å². The van der Waals surface area contributed by atoms with Crippen LogP contribution in [-0.4, -0.2) is 18.0 Å². The molecule has 1 N–H and O–H groups in total. The van der Waals surface area contributed by atoms with E-state index in [2.05, 4.69) is 5.32 Å². The lowest BCUT2D eigenvalue weighted by atomic mass is 9.92. The van der Waals surface area contributed by atoms with Crippen molar-refractivity contribution < 1.29 is 14.0 Å². The molecule has 4 rings (SSSR count). The molecule has 2 aromatic carbocycles. The van der Waals surface area contributed by atoms with E-state index in [0.29, 0.717) is 16.9 Å². The maximum atomic E-state index is 14.1. The number of carbonyl (C=O) groups excluding carboxylic acids is 2. The Labute approximate surface area is 180 Å². The Hall–Kier alpha value is -3.95.